The van der Waals surface area contributed by atoms with Crippen molar-refractivity contribution in [1.29, 1.82) is 0 Å². The van der Waals surface area contributed by atoms with E-state index < -0.39 is 0 Å². The van der Waals surface area contributed by atoms with Crippen LogP contribution in [0.15, 0.2) is 36.5 Å². The van der Waals surface area contributed by atoms with Crippen molar-refractivity contribution in [3.05, 3.63) is 42.1 Å². The smallest absolute Gasteiger partial charge is 0.246 e. The van der Waals surface area contributed by atoms with Crippen LogP contribution in [0.3, 0.4) is 0 Å². The summed E-state index contributed by atoms with van der Waals surface area (Å²) in [6.45, 7) is 2.84. The average Bonchev–Trinajstić information content (AvgIpc) is 3.00. The molecule has 0 radical (unpaired) electrons. The van der Waals surface area contributed by atoms with Crippen molar-refractivity contribution in [2.75, 3.05) is 33.2 Å². The molecule has 2 aliphatic heterocycles. The van der Waals surface area contributed by atoms with Crippen molar-refractivity contribution in [1.82, 2.24) is 24.5 Å². The number of nitrogens with zero attached hydrogens (tertiary/aromatic N) is 5. The third kappa shape index (κ3) is 2.99. The summed E-state index contributed by atoms with van der Waals surface area (Å²) >= 11 is 0. The summed E-state index contributed by atoms with van der Waals surface area (Å²) < 4.78 is 1.83. The van der Waals surface area contributed by atoms with Crippen LogP contribution in [0, 0.1) is 0 Å². The number of amides is 2. The molecular weight excluding hydrogens is 330 g/mol. The fourth-order valence-electron chi connectivity index (χ4n) is 3.85. The Kier molecular flexibility index (Phi) is 4.24. The maximum Gasteiger partial charge on any atom is 0.246 e. The SMILES string of the molecule is CN1CC(=O)N2CCN(Cc3cn(C)nc3-c3ccccc3)C[C@@H]2C1=O. The fraction of sp³-hybridized carbons (Fsp3) is 0.421. The minimum absolute atomic E-state index is 0.0313. The second-order valence-electron chi connectivity index (χ2n) is 7.07. The molecule has 7 heteroatoms. The standard InChI is InChI=1S/C19H23N5O2/c1-21-13-17(25)24-9-8-23(12-16(24)19(21)26)11-15-10-22(2)20-18(15)14-6-4-3-5-7-14/h3-7,10,16H,8-9,11-13H2,1-2H3/t16-/m1/s1. The zero-order valence-electron chi connectivity index (χ0n) is 15.1. The first-order valence-corrected chi connectivity index (χ1v) is 8.87. The number of carbonyl (C=O) groups excluding carboxylic acids is 2. The Bertz CT molecular complexity index is 832. The van der Waals surface area contributed by atoms with Gasteiger partial charge < -0.3 is 9.80 Å². The Hall–Kier alpha value is -2.67. The topological polar surface area (TPSA) is 61.7 Å². The highest BCUT2D eigenvalue weighted by Crippen LogP contribution is 2.25. The van der Waals surface area contributed by atoms with Gasteiger partial charge in [0.05, 0.1) is 12.2 Å². The van der Waals surface area contributed by atoms with Crippen LogP contribution in [-0.4, -0.2) is 75.6 Å². The molecule has 1 aromatic carbocycles. The zero-order valence-corrected chi connectivity index (χ0v) is 15.1. The van der Waals surface area contributed by atoms with E-state index in [4.69, 9.17) is 0 Å². The van der Waals surface area contributed by atoms with Crippen molar-refractivity contribution in [2.24, 2.45) is 7.05 Å². The highest BCUT2D eigenvalue weighted by molar-refractivity contribution is 5.95. The molecule has 2 aliphatic rings. The molecule has 0 bridgehead atoms. The summed E-state index contributed by atoms with van der Waals surface area (Å²) in [6, 6.07) is 9.76. The number of hydrogen-bond donors (Lipinski definition) is 0. The van der Waals surface area contributed by atoms with E-state index in [0.717, 1.165) is 23.4 Å². The van der Waals surface area contributed by atoms with Gasteiger partial charge in [0.2, 0.25) is 11.8 Å². The van der Waals surface area contributed by atoms with Crippen LogP contribution in [0.4, 0.5) is 0 Å². The molecule has 4 rings (SSSR count). The van der Waals surface area contributed by atoms with Crippen LogP contribution >= 0.6 is 0 Å². The number of benzene rings is 1. The number of hydrogen-bond acceptors (Lipinski definition) is 4. The Morgan fingerprint density at radius 1 is 1.12 bits per heavy atom. The molecular formula is C19H23N5O2. The number of aromatic nitrogens is 2. The van der Waals surface area contributed by atoms with Crippen molar-refractivity contribution >= 4 is 11.8 Å². The van der Waals surface area contributed by atoms with Gasteiger partial charge in [-0.05, 0) is 0 Å². The molecule has 26 heavy (non-hydrogen) atoms. The summed E-state index contributed by atoms with van der Waals surface area (Å²) in [6.07, 6.45) is 2.04. The predicted molar refractivity (Wildman–Crippen MR) is 97.1 cm³/mol. The Morgan fingerprint density at radius 2 is 1.88 bits per heavy atom. The van der Waals surface area contributed by atoms with Gasteiger partial charge in [0.1, 0.15) is 6.04 Å². The lowest BCUT2D eigenvalue weighted by molar-refractivity contribution is -0.158. The van der Waals surface area contributed by atoms with E-state index in [1.165, 1.54) is 4.90 Å². The number of aryl methyl sites for hydroxylation is 1. The Balaban J connectivity index is 1.54. The van der Waals surface area contributed by atoms with Crippen LogP contribution in [0.5, 0.6) is 0 Å². The molecule has 3 heterocycles. The quantitative estimate of drug-likeness (QED) is 0.810. The van der Waals surface area contributed by atoms with Crippen molar-refractivity contribution in [2.45, 2.75) is 12.6 Å². The van der Waals surface area contributed by atoms with E-state index in [0.29, 0.717) is 19.6 Å². The summed E-state index contributed by atoms with van der Waals surface area (Å²) in [4.78, 5) is 30.2. The summed E-state index contributed by atoms with van der Waals surface area (Å²) in [5, 5.41) is 4.62. The number of rotatable bonds is 3. The molecule has 2 saturated heterocycles. The highest BCUT2D eigenvalue weighted by atomic mass is 16.2. The predicted octanol–water partition coefficient (Wildman–Crippen LogP) is 0.572. The first kappa shape index (κ1) is 16.8. The van der Waals surface area contributed by atoms with E-state index in [1.807, 2.05) is 36.1 Å². The van der Waals surface area contributed by atoms with E-state index in [-0.39, 0.29) is 24.4 Å². The van der Waals surface area contributed by atoms with Crippen molar-refractivity contribution in [3.63, 3.8) is 0 Å². The number of fused-ring (bicyclic) bond motifs is 1. The molecule has 0 N–H and O–H groups in total. The lowest BCUT2D eigenvalue weighted by atomic mass is 10.0. The molecule has 0 unspecified atom stereocenters. The maximum atomic E-state index is 12.5. The van der Waals surface area contributed by atoms with Crippen LogP contribution in [0.1, 0.15) is 5.56 Å². The first-order chi connectivity index (χ1) is 12.5. The summed E-state index contributed by atoms with van der Waals surface area (Å²) in [5.41, 5.74) is 3.19. The van der Waals surface area contributed by atoms with Gasteiger partial charge in [-0.1, -0.05) is 30.3 Å². The molecule has 0 saturated carbocycles. The van der Waals surface area contributed by atoms with Gasteiger partial charge in [-0.2, -0.15) is 5.10 Å². The van der Waals surface area contributed by atoms with Gasteiger partial charge in [-0.25, -0.2) is 0 Å². The monoisotopic (exact) mass is 353 g/mol. The molecule has 2 fully saturated rings. The van der Waals surface area contributed by atoms with Crippen LogP contribution in [0.25, 0.3) is 11.3 Å². The van der Waals surface area contributed by atoms with E-state index >= 15 is 0 Å². The minimum Gasteiger partial charge on any atom is -0.335 e. The van der Waals surface area contributed by atoms with E-state index in [2.05, 4.69) is 22.1 Å². The lowest BCUT2D eigenvalue weighted by Crippen LogP contribution is -2.65. The van der Waals surface area contributed by atoms with E-state index in [1.54, 1.807) is 11.9 Å². The van der Waals surface area contributed by atoms with Crippen LogP contribution in [0.2, 0.25) is 0 Å². The lowest BCUT2D eigenvalue weighted by Gasteiger charge is -2.45. The van der Waals surface area contributed by atoms with Gasteiger partial charge >= 0.3 is 0 Å². The average molecular weight is 353 g/mol. The summed E-state index contributed by atoms with van der Waals surface area (Å²) in [7, 11) is 3.62. The van der Waals surface area contributed by atoms with Crippen LogP contribution in [-0.2, 0) is 23.2 Å². The van der Waals surface area contributed by atoms with Crippen molar-refractivity contribution < 1.29 is 9.59 Å². The van der Waals surface area contributed by atoms with E-state index in [9.17, 15) is 9.59 Å². The number of likely N-dealkylation sites (N-methyl/N-ethyl adjacent to an activating group) is 1. The molecule has 1 aromatic heterocycles. The molecule has 1 atom stereocenters. The number of piperazine rings is 2. The normalized spacial score (nSPS) is 21.2. The third-order valence-electron chi connectivity index (χ3n) is 5.16. The Labute approximate surface area is 152 Å². The molecule has 2 aromatic rings. The van der Waals surface area contributed by atoms with Gasteiger partial charge in [0.25, 0.3) is 0 Å². The van der Waals surface area contributed by atoms with Gasteiger partial charge in [-0.15, -0.1) is 0 Å². The Morgan fingerprint density at radius 3 is 2.65 bits per heavy atom. The molecule has 2 amide bonds. The zero-order chi connectivity index (χ0) is 18.3. The molecule has 0 aliphatic carbocycles. The number of carbonyl (C=O) groups is 2. The molecule has 0 spiro atoms. The van der Waals surface area contributed by atoms with Crippen molar-refractivity contribution in [3.8, 4) is 11.3 Å². The first-order valence-electron chi connectivity index (χ1n) is 8.87. The van der Waals surface area contributed by atoms with Crippen LogP contribution < -0.4 is 0 Å². The molecule has 7 nitrogen and oxygen atoms in total. The maximum absolute atomic E-state index is 12.5. The second-order valence-corrected chi connectivity index (χ2v) is 7.07. The highest BCUT2D eigenvalue weighted by Gasteiger charge is 2.41. The largest absolute Gasteiger partial charge is 0.335 e. The van der Waals surface area contributed by atoms with Gasteiger partial charge in [0, 0.05) is 57.6 Å². The third-order valence-corrected chi connectivity index (χ3v) is 5.16. The minimum atomic E-state index is -0.369. The second kappa shape index (κ2) is 6.57. The van der Waals surface area contributed by atoms with Gasteiger partial charge in [-0.3, -0.25) is 19.2 Å². The molecule has 136 valence electrons. The fourth-order valence-corrected chi connectivity index (χ4v) is 3.85. The van der Waals surface area contributed by atoms with Gasteiger partial charge in [0.15, 0.2) is 0 Å². The summed E-state index contributed by atoms with van der Waals surface area (Å²) in [5.74, 6) is 0.0758.